The van der Waals surface area contributed by atoms with Crippen LogP contribution in [0.5, 0.6) is 0 Å². The van der Waals surface area contributed by atoms with Crippen molar-refractivity contribution in [2.75, 3.05) is 6.54 Å². The van der Waals surface area contributed by atoms with E-state index in [-0.39, 0.29) is 6.03 Å². The zero-order chi connectivity index (χ0) is 10.8. The second-order valence-corrected chi connectivity index (χ2v) is 3.56. The minimum Gasteiger partial charge on any atom is -0.351 e. The van der Waals surface area contributed by atoms with E-state index in [2.05, 4.69) is 13.8 Å². The molecule has 3 nitrogen and oxygen atoms in total. The molecule has 0 aromatic carbocycles. The van der Waals surface area contributed by atoms with Gasteiger partial charge in [-0.15, -0.1) is 0 Å². The number of rotatable bonds is 8. The maximum atomic E-state index is 11.0. The number of urea groups is 1. The molecule has 0 bridgehead atoms. The summed E-state index contributed by atoms with van der Waals surface area (Å²) in [4.78, 5) is 12.6. The van der Waals surface area contributed by atoms with Crippen molar-refractivity contribution < 1.29 is 4.79 Å². The van der Waals surface area contributed by atoms with Gasteiger partial charge in [-0.25, -0.2) is 4.79 Å². The van der Waals surface area contributed by atoms with Crippen LogP contribution in [-0.4, -0.2) is 17.5 Å². The molecule has 0 aliphatic rings. The van der Waals surface area contributed by atoms with Crippen LogP contribution in [0.4, 0.5) is 4.79 Å². The van der Waals surface area contributed by atoms with Gasteiger partial charge in [0.25, 0.3) is 0 Å². The summed E-state index contributed by atoms with van der Waals surface area (Å²) in [6.45, 7) is 6.98. The largest absolute Gasteiger partial charge is 0.351 e. The highest BCUT2D eigenvalue weighted by atomic mass is 16.2. The Balaban J connectivity index is 3.57. The average molecular weight is 199 g/mol. The Morgan fingerprint density at radius 3 is 2.36 bits per heavy atom. The van der Waals surface area contributed by atoms with Crippen LogP contribution in [0.25, 0.3) is 0 Å². The van der Waals surface area contributed by atoms with Crippen LogP contribution in [0.15, 0.2) is 0 Å². The summed E-state index contributed by atoms with van der Waals surface area (Å²) in [6.07, 6.45) is 6.64. The van der Waals surface area contributed by atoms with E-state index in [1.165, 1.54) is 12.8 Å². The van der Waals surface area contributed by atoms with Crippen LogP contribution < -0.4 is 5.73 Å². The van der Waals surface area contributed by atoms with Crippen LogP contribution in [0.2, 0.25) is 0 Å². The van der Waals surface area contributed by atoms with Gasteiger partial charge < -0.3 is 10.6 Å². The third kappa shape index (κ3) is 6.75. The number of nitrogens with zero attached hydrogens (tertiary/aromatic N) is 1. The number of unbranched alkanes of at least 4 members (excludes halogenated alkanes) is 4. The SMILES string of the molecule is CCCCC[CH]N(CCCC)C(N)=O. The molecule has 0 spiro atoms. The van der Waals surface area contributed by atoms with Crippen molar-refractivity contribution in [3.05, 3.63) is 6.54 Å². The molecule has 0 unspecified atom stereocenters. The zero-order valence-electron chi connectivity index (χ0n) is 9.46. The first kappa shape index (κ1) is 13.3. The first-order valence-electron chi connectivity index (χ1n) is 5.61. The Morgan fingerprint density at radius 2 is 1.86 bits per heavy atom. The fourth-order valence-electron chi connectivity index (χ4n) is 1.26. The quantitative estimate of drug-likeness (QED) is 0.600. The topological polar surface area (TPSA) is 46.3 Å². The monoisotopic (exact) mass is 199 g/mol. The van der Waals surface area contributed by atoms with Gasteiger partial charge in [-0.3, -0.25) is 0 Å². The predicted molar refractivity (Wildman–Crippen MR) is 59.6 cm³/mol. The van der Waals surface area contributed by atoms with E-state index in [0.29, 0.717) is 0 Å². The van der Waals surface area contributed by atoms with Gasteiger partial charge in [0, 0.05) is 6.54 Å². The lowest BCUT2D eigenvalue weighted by Crippen LogP contribution is -2.34. The van der Waals surface area contributed by atoms with Crippen LogP contribution >= 0.6 is 0 Å². The fourth-order valence-corrected chi connectivity index (χ4v) is 1.26. The molecule has 2 amide bonds. The number of hydrogen-bond acceptors (Lipinski definition) is 1. The summed E-state index contributed by atoms with van der Waals surface area (Å²) in [6, 6.07) is -0.324. The van der Waals surface area contributed by atoms with Gasteiger partial charge in [-0.1, -0.05) is 39.5 Å². The lowest BCUT2D eigenvalue weighted by Gasteiger charge is -2.19. The Morgan fingerprint density at radius 1 is 1.21 bits per heavy atom. The summed E-state index contributed by atoms with van der Waals surface area (Å²) in [5.74, 6) is 0. The molecule has 0 heterocycles. The maximum absolute atomic E-state index is 11.0. The van der Waals surface area contributed by atoms with E-state index in [0.717, 1.165) is 32.2 Å². The summed E-state index contributed by atoms with van der Waals surface area (Å²) >= 11 is 0. The van der Waals surface area contributed by atoms with Crippen LogP contribution in [0.1, 0.15) is 52.4 Å². The van der Waals surface area contributed by atoms with E-state index in [4.69, 9.17) is 5.73 Å². The molecule has 3 heteroatoms. The number of amides is 2. The first-order chi connectivity index (χ1) is 6.72. The van der Waals surface area contributed by atoms with E-state index < -0.39 is 0 Å². The molecule has 0 saturated carbocycles. The number of hydrogen-bond donors (Lipinski definition) is 1. The van der Waals surface area contributed by atoms with Crippen molar-refractivity contribution in [3.63, 3.8) is 0 Å². The molecule has 0 aromatic rings. The fraction of sp³-hybridized carbons (Fsp3) is 0.818. The van der Waals surface area contributed by atoms with Crippen molar-refractivity contribution in [2.45, 2.75) is 52.4 Å². The molecule has 0 aliphatic heterocycles. The van der Waals surface area contributed by atoms with Gasteiger partial charge in [0.2, 0.25) is 0 Å². The second-order valence-electron chi connectivity index (χ2n) is 3.56. The highest BCUT2D eigenvalue weighted by Gasteiger charge is 2.07. The Labute approximate surface area is 87.6 Å². The van der Waals surface area contributed by atoms with Gasteiger partial charge in [0.1, 0.15) is 0 Å². The van der Waals surface area contributed by atoms with E-state index in [9.17, 15) is 4.79 Å². The standard InChI is InChI=1S/C11H23N2O/c1-3-5-7-8-10-13(11(12)14)9-6-4-2/h10H,3-9H2,1-2H3,(H2,12,14). The Hall–Kier alpha value is -0.730. The van der Waals surface area contributed by atoms with Crippen LogP contribution in [0, 0.1) is 6.54 Å². The van der Waals surface area contributed by atoms with E-state index in [1.54, 1.807) is 4.90 Å². The number of carbonyl (C=O) groups is 1. The predicted octanol–water partition coefficient (Wildman–Crippen LogP) is 2.91. The highest BCUT2D eigenvalue weighted by molar-refractivity contribution is 5.72. The second kappa shape index (κ2) is 8.85. The minimum absolute atomic E-state index is 0.324. The summed E-state index contributed by atoms with van der Waals surface area (Å²) in [5.41, 5.74) is 5.25. The number of carbonyl (C=O) groups excluding carboxylic acids is 1. The minimum atomic E-state index is -0.324. The van der Waals surface area contributed by atoms with Crippen molar-refractivity contribution in [1.29, 1.82) is 0 Å². The average Bonchev–Trinajstić information content (AvgIpc) is 2.16. The van der Waals surface area contributed by atoms with Gasteiger partial charge in [-0.2, -0.15) is 0 Å². The molecule has 0 atom stereocenters. The zero-order valence-corrected chi connectivity index (χ0v) is 9.46. The molecule has 0 aliphatic carbocycles. The highest BCUT2D eigenvalue weighted by Crippen LogP contribution is 2.06. The van der Waals surface area contributed by atoms with Crippen LogP contribution in [-0.2, 0) is 0 Å². The summed E-state index contributed by atoms with van der Waals surface area (Å²) in [5, 5.41) is 0. The lowest BCUT2D eigenvalue weighted by atomic mass is 10.2. The molecule has 0 saturated heterocycles. The smallest absolute Gasteiger partial charge is 0.315 e. The molecular weight excluding hydrogens is 176 g/mol. The molecule has 2 N–H and O–H groups in total. The maximum Gasteiger partial charge on any atom is 0.315 e. The third-order valence-corrected chi connectivity index (χ3v) is 2.19. The van der Waals surface area contributed by atoms with Crippen molar-refractivity contribution in [2.24, 2.45) is 5.73 Å². The third-order valence-electron chi connectivity index (χ3n) is 2.19. The van der Waals surface area contributed by atoms with E-state index >= 15 is 0 Å². The van der Waals surface area contributed by atoms with Crippen molar-refractivity contribution in [1.82, 2.24) is 4.90 Å². The van der Waals surface area contributed by atoms with E-state index in [1.807, 2.05) is 6.54 Å². The first-order valence-corrected chi connectivity index (χ1v) is 5.61. The molecular formula is C11H23N2O. The molecule has 1 radical (unpaired) electrons. The molecule has 0 rings (SSSR count). The number of nitrogens with two attached hydrogens (primary N) is 1. The number of primary amides is 1. The molecule has 0 fully saturated rings. The lowest BCUT2D eigenvalue weighted by molar-refractivity contribution is 0.216. The molecule has 0 aromatic heterocycles. The normalized spacial score (nSPS) is 10.1. The van der Waals surface area contributed by atoms with Crippen molar-refractivity contribution in [3.8, 4) is 0 Å². The van der Waals surface area contributed by atoms with Crippen LogP contribution in [0.3, 0.4) is 0 Å². The van der Waals surface area contributed by atoms with Gasteiger partial charge in [-0.05, 0) is 12.8 Å². The molecule has 14 heavy (non-hydrogen) atoms. The van der Waals surface area contributed by atoms with Gasteiger partial charge in [0.05, 0.1) is 6.54 Å². The summed E-state index contributed by atoms with van der Waals surface area (Å²) in [7, 11) is 0. The Kier molecular flexibility index (Phi) is 8.39. The van der Waals surface area contributed by atoms with Gasteiger partial charge in [0.15, 0.2) is 0 Å². The van der Waals surface area contributed by atoms with Crippen molar-refractivity contribution >= 4 is 6.03 Å². The van der Waals surface area contributed by atoms with Gasteiger partial charge >= 0.3 is 6.03 Å². The Bertz CT molecular complexity index is 148. The molecule has 83 valence electrons. The summed E-state index contributed by atoms with van der Waals surface area (Å²) < 4.78 is 0.